The number of aromatic hydroxyl groups is 1. The third-order valence-electron chi connectivity index (χ3n) is 7.38. The minimum Gasteiger partial charge on any atom is -0.508 e. The molecule has 3 unspecified atom stereocenters. The summed E-state index contributed by atoms with van der Waals surface area (Å²) in [5, 5.41) is 24.2. The second kappa shape index (κ2) is 10.6. The van der Waals surface area contributed by atoms with Crippen LogP contribution in [0.2, 0.25) is 0 Å². The molecule has 35 heavy (non-hydrogen) atoms. The number of nitro groups is 1. The van der Waals surface area contributed by atoms with Crippen molar-refractivity contribution in [3.8, 4) is 5.75 Å². The molecular weight excluding hydrogens is 446 g/mol. The van der Waals surface area contributed by atoms with Crippen LogP contribution in [0.5, 0.6) is 5.75 Å². The van der Waals surface area contributed by atoms with E-state index in [9.17, 15) is 20.0 Å². The van der Waals surface area contributed by atoms with Crippen LogP contribution < -0.4 is 10.2 Å². The predicted molar refractivity (Wildman–Crippen MR) is 136 cm³/mol. The van der Waals surface area contributed by atoms with Gasteiger partial charge in [0.1, 0.15) is 12.4 Å². The number of nitrogens with zero attached hydrogens (tertiary/aromatic N) is 2. The summed E-state index contributed by atoms with van der Waals surface area (Å²) in [5.74, 6) is 1.55. The number of carbonyl (C=O) groups excluding carboxylic acids is 1. The van der Waals surface area contributed by atoms with E-state index < -0.39 is 4.92 Å². The number of benzene rings is 2. The molecule has 1 saturated carbocycles. The van der Waals surface area contributed by atoms with Crippen LogP contribution in [-0.4, -0.2) is 35.2 Å². The van der Waals surface area contributed by atoms with Crippen molar-refractivity contribution in [2.24, 2.45) is 17.8 Å². The Morgan fingerprint density at radius 2 is 2.06 bits per heavy atom. The molecule has 8 heteroatoms. The molecule has 0 saturated heterocycles. The minimum absolute atomic E-state index is 0.0417. The Bertz CT molecular complexity index is 1090. The van der Waals surface area contributed by atoms with Gasteiger partial charge in [-0.25, -0.2) is 0 Å². The molecule has 4 rings (SSSR count). The molecule has 0 radical (unpaired) electrons. The minimum atomic E-state index is -0.461. The topological polar surface area (TPSA) is 105 Å². The van der Waals surface area contributed by atoms with Crippen LogP contribution in [0.15, 0.2) is 36.4 Å². The van der Waals surface area contributed by atoms with Crippen LogP contribution in [0.3, 0.4) is 0 Å². The molecule has 1 amide bonds. The summed E-state index contributed by atoms with van der Waals surface area (Å²) in [6.45, 7) is 7.86. The Labute approximate surface area is 206 Å². The van der Waals surface area contributed by atoms with Gasteiger partial charge in [-0.2, -0.15) is 0 Å². The number of nitrogens with one attached hydrogen (secondary N) is 1. The number of hydrogen-bond acceptors (Lipinski definition) is 6. The van der Waals surface area contributed by atoms with Crippen molar-refractivity contribution in [1.82, 2.24) is 0 Å². The lowest BCUT2D eigenvalue weighted by atomic mass is 9.75. The van der Waals surface area contributed by atoms with Gasteiger partial charge in [0.25, 0.3) is 5.69 Å². The fourth-order valence-corrected chi connectivity index (χ4v) is 5.42. The van der Waals surface area contributed by atoms with E-state index in [-0.39, 0.29) is 30.1 Å². The molecule has 0 aromatic heterocycles. The van der Waals surface area contributed by atoms with E-state index in [0.717, 1.165) is 42.7 Å². The van der Waals surface area contributed by atoms with Gasteiger partial charge in [-0.15, -0.1) is 0 Å². The molecule has 0 bridgehead atoms. The first kappa shape index (κ1) is 25.0. The number of amides is 1. The first-order valence-electron chi connectivity index (χ1n) is 12.5. The summed E-state index contributed by atoms with van der Waals surface area (Å²) in [5.41, 5.74) is 3.30. The Hall–Kier alpha value is -3.13. The Morgan fingerprint density at radius 3 is 2.80 bits per heavy atom. The second-order valence-corrected chi connectivity index (χ2v) is 10.3. The van der Waals surface area contributed by atoms with E-state index in [1.54, 1.807) is 0 Å². The van der Waals surface area contributed by atoms with Crippen LogP contribution in [0, 0.1) is 27.9 Å². The number of rotatable bonds is 8. The van der Waals surface area contributed by atoms with E-state index in [1.165, 1.54) is 24.6 Å². The van der Waals surface area contributed by atoms with Gasteiger partial charge in [0, 0.05) is 42.2 Å². The van der Waals surface area contributed by atoms with Gasteiger partial charge in [-0.3, -0.25) is 14.9 Å². The third kappa shape index (κ3) is 5.93. The molecule has 2 aromatic carbocycles. The fourth-order valence-electron chi connectivity index (χ4n) is 5.42. The highest BCUT2D eigenvalue weighted by molar-refractivity contribution is 5.92. The van der Waals surface area contributed by atoms with Crippen LogP contribution in [0.1, 0.15) is 51.2 Å². The number of hydrogen-bond donors (Lipinski definition) is 2. The molecule has 1 heterocycles. The monoisotopic (exact) mass is 481 g/mol. The van der Waals surface area contributed by atoms with Crippen molar-refractivity contribution in [3.05, 3.63) is 57.6 Å². The standard InChI is InChI=1S/C27H35N3O5/c1-17(2)23-7-4-18(3)12-26(23)35-16-27(32)28-21-5-8-24-19(13-21)10-11-29(24)15-20-14-22(30(33)34)6-9-25(20)31/h5-6,8-9,13-14,17-18,23,26,31H,4,7,10-12,15-16H2,1-3H3,(H,28,32). The summed E-state index contributed by atoms with van der Waals surface area (Å²) in [6, 6.07) is 9.86. The maximum atomic E-state index is 12.6. The summed E-state index contributed by atoms with van der Waals surface area (Å²) >= 11 is 0. The van der Waals surface area contributed by atoms with Gasteiger partial charge >= 0.3 is 0 Å². The highest BCUT2D eigenvalue weighted by atomic mass is 16.6. The van der Waals surface area contributed by atoms with Gasteiger partial charge in [-0.05, 0) is 66.8 Å². The highest BCUT2D eigenvalue weighted by Crippen LogP contribution is 2.36. The highest BCUT2D eigenvalue weighted by Gasteiger charge is 2.31. The van der Waals surface area contributed by atoms with Crippen molar-refractivity contribution in [3.63, 3.8) is 0 Å². The van der Waals surface area contributed by atoms with Gasteiger partial charge in [0.15, 0.2) is 0 Å². The molecular formula is C27H35N3O5. The maximum Gasteiger partial charge on any atom is 0.270 e. The number of phenols is 1. The average molecular weight is 482 g/mol. The third-order valence-corrected chi connectivity index (χ3v) is 7.38. The molecule has 188 valence electrons. The molecule has 1 fully saturated rings. The van der Waals surface area contributed by atoms with E-state index >= 15 is 0 Å². The molecule has 0 spiro atoms. The van der Waals surface area contributed by atoms with Crippen LogP contribution >= 0.6 is 0 Å². The lowest BCUT2D eigenvalue weighted by Crippen LogP contribution is -2.36. The van der Waals surface area contributed by atoms with Crippen molar-refractivity contribution >= 4 is 23.0 Å². The van der Waals surface area contributed by atoms with Crippen molar-refractivity contribution in [2.75, 3.05) is 23.4 Å². The number of ether oxygens (including phenoxy) is 1. The normalized spacial score (nSPS) is 21.7. The predicted octanol–water partition coefficient (Wildman–Crippen LogP) is 5.28. The van der Waals surface area contributed by atoms with E-state index in [4.69, 9.17) is 4.74 Å². The summed E-state index contributed by atoms with van der Waals surface area (Å²) in [4.78, 5) is 25.3. The first-order valence-corrected chi connectivity index (χ1v) is 12.5. The number of nitro benzene ring substituents is 1. The largest absolute Gasteiger partial charge is 0.508 e. The zero-order valence-electron chi connectivity index (χ0n) is 20.7. The Kier molecular flexibility index (Phi) is 7.60. The van der Waals surface area contributed by atoms with E-state index in [1.807, 2.05) is 18.2 Å². The van der Waals surface area contributed by atoms with Crippen molar-refractivity contribution in [2.45, 2.75) is 59.1 Å². The average Bonchev–Trinajstić information content (AvgIpc) is 3.20. The van der Waals surface area contributed by atoms with E-state index in [2.05, 4.69) is 31.0 Å². The number of fused-ring (bicyclic) bond motifs is 1. The van der Waals surface area contributed by atoms with Gasteiger partial charge in [0.05, 0.1) is 11.0 Å². The Balaban J connectivity index is 1.36. The molecule has 2 aliphatic rings. The maximum absolute atomic E-state index is 12.6. The van der Waals surface area contributed by atoms with Crippen molar-refractivity contribution in [1.29, 1.82) is 0 Å². The van der Waals surface area contributed by atoms with Gasteiger partial charge in [-0.1, -0.05) is 27.2 Å². The molecule has 8 nitrogen and oxygen atoms in total. The molecule has 1 aliphatic heterocycles. The van der Waals surface area contributed by atoms with Crippen LogP contribution in [0.25, 0.3) is 0 Å². The summed E-state index contributed by atoms with van der Waals surface area (Å²) in [6.07, 6.45) is 4.30. The van der Waals surface area contributed by atoms with E-state index in [0.29, 0.717) is 29.9 Å². The summed E-state index contributed by atoms with van der Waals surface area (Å²) in [7, 11) is 0. The second-order valence-electron chi connectivity index (χ2n) is 10.3. The molecule has 1 aliphatic carbocycles. The Morgan fingerprint density at radius 1 is 1.26 bits per heavy atom. The van der Waals surface area contributed by atoms with Gasteiger partial charge < -0.3 is 20.1 Å². The molecule has 2 aromatic rings. The number of anilines is 2. The zero-order valence-corrected chi connectivity index (χ0v) is 20.7. The first-order chi connectivity index (χ1) is 16.7. The quantitative estimate of drug-likeness (QED) is 0.393. The van der Waals surface area contributed by atoms with Gasteiger partial charge in [0.2, 0.25) is 5.91 Å². The van der Waals surface area contributed by atoms with Crippen LogP contribution in [0.4, 0.5) is 17.1 Å². The van der Waals surface area contributed by atoms with Crippen LogP contribution in [-0.2, 0) is 22.5 Å². The SMILES string of the molecule is CC1CCC(C(C)C)C(OCC(=O)Nc2ccc3c(c2)CCN3Cc2cc([N+](=O)[O-])ccc2O)C1. The number of phenolic OH excluding ortho intramolecular Hbond substituents is 1. The molecule has 3 atom stereocenters. The lowest BCUT2D eigenvalue weighted by molar-refractivity contribution is -0.384. The summed E-state index contributed by atoms with van der Waals surface area (Å²) < 4.78 is 6.08. The number of carbonyl (C=O) groups is 1. The molecule has 2 N–H and O–H groups in total. The van der Waals surface area contributed by atoms with Crippen molar-refractivity contribution < 1.29 is 19.6 Å². The number of non-ortho nitro benzene ring substituents is 1. The zero-order chi connectivity index (χ0) is 25.1. The smallest absolute Gasteiger partial charge is 0.270 e. The lowest BCUT2D eigenvalue weighted by Gasteiger charge is -2.37. The fraction of sp³-hybridized carbons (Fsp3) is 0.519.